The topological polar surface area (TPSA) is 47.6 Å². The highest BCUT2D eigenvalue weighted by atomic mass is 16.5. The zero-order valence-corrected chi connectivity index (χ0v) is 21.4. The normalized spacial score (nSPS) is 12.0. The van der Waals surface area contributed by atoms with Gasteiger partial charge < -0.3 is 14.8 Å². The van der Waals surface area contributed by atoms with Crippen LogP contribution in [0, 0.1) is 5.92 Å². The third kappa shape index (κ3) is 11.4. The summed E-state index contributed by atoms with van der Waals surface area (Å²) in [6.45, 7) is 8.02. The van der Waals surface area contributed by atoms with E-state index >= 15 is 0 Å². The van der Waals surface area contributed by atoms with Crippen LogP contribution in [0.2, 0.25) is 0 Å². The molecule has 0 unspecified atom stereocenters. The molecule has 0 aliphatic rings. The van der Waals surface area contributed by atoms with Crippen molar-refractivity contribution in [3.05, 3.63) is 66.4 Å². The summed E-state index contributed by atoms with van der Waals surface area (Å²) in [4.78, 5) is 12.4. The summed E-state index contributed by atoms with van der Waals surface area (Å²) in [5.74, 6) is 2.14. The van der Waals surface area contributed by atoms with Gasteiger partial charge in [-0.1, -0.05) is 72.1 Å². The summed E-state index contributed by atoms with van der Waals surface area (Å²) < 4.78 is 11.6. The van der Waals surface area contributed by atoms with Crippen molar-refractivity contribution in [2.45, 2.75) is 78.6 Å². The smallest absolute Gasteiger partial charge is 0.187 e. The summed E-state index contributed by atoms with van der Waals surface area (Å²) in [5, 5.41) is 3.15. The Morgan fingerprint density at radius 1 is 0.824 bits per heavy atom. The van der Waals surface area contributed by atoms with Crippen molar-refractivity contribution in [1.29, 1.82) is 0 Å². The first-order valence-electron chi connectivity index (χ1n) is 13.1. The van der Waals surface area contributed by atoms with Crippen molar-refractivity contribution < 1.29 is 14.3 Å². The lowest BCUT2D eigenvalue weighted by Gasteiger charge is -2.10. The maximum absolute atomic E-state index is 12.4. The van der Waals surface area contributed by atoms with Crippen LogP contribution >= 0.6 is 0 Å². The Morgan fingerprint density at radius 3 is 2.06 bits per heavy atom. The quantitative estimate of drug-likeness (QED) is 0.136. The molecule has 0 spiro atoms. The van der Waals surface area contributed by atoms with Crippen LogP contribution in [0.5, 0.6) is 11.5 Å². The summed E-state index contributed by atoms with van der Waals surface area (Å²) in [6.07, 6.45) is 14.7. The van der Waals surface area contributed by atoms with Crippen LogP contribution < -0.4 is 14.8 Å². The number of carbonyl (C=O) groups is 1. The first kappa shape index (κ1) is 27.5. The Labute approximate surface area is 206 Å². The number of rotatable bonds is 18. The van der Waals surface area contributed by atoms with Crippen molar-refractivity contribution in [2.75, 3.05) is 18.5 Å². The molecule has 186 valence electrons. The molecule has 2 aromatic carbocycles. The molecule has 4 nitrogen and oxygen atoms in total. The number of hydrogen-bond donors (Lipinski definition) is 1. The lowest BCUT2D eigenvalue weighted by atomic mass is 10.1. The van der Waals surface area contributed by atoms with E-state index in [4.69, 9.17) is 9.47 Å². The number of anilines is 1. The molecular weight excluding hydrogens is 422 g/mol. The Hall–Kier alpha value is -2.75. The van der Waals surface area contributed by atoms with Gasteiger partial charge in [0.25, 0.3) is 0 Å². The summed E-state index contributed by atoms with van der Waals surface area (Å²) in [6, 6.07) is 15.1. The van der Waals surface area contributed by atoms with Crippen LogP contribution in [0.25, 0.3) is 0 Å². The van der Waals surface area contributed by atoms with Gasteiger partial charge in [0.15, 0.2) is 5.78 Å². The fraction of sp³-hybridized carbons (Fsp3) is 0.500. The fourth-order valence-electron chi connectivity index (χ4n) is 3.45. The van der Waals surface area contributed by atoms with E-state index in [0.717, 1.165) is 36.6 Å². The van der Waals surface area contributed by atoms with Gasteiger partial charge in [0, 0.05) is 23.5 Å². The maximum Gasteiger partial charge on any atom is 0.187 e. The van der Waals surface area contributed by atoms with E-state index in [-0.39, 0.29) is 5.78 Å². The highest BCUT2D eigenvalue weighted by Gasteiger charge is 2.04. The van der Waals surface area contributed by atoms with Crippen molar-refractivity contribution in [1.82, 2.24) is 0 Å². The zero-order chi connectivity index (χ0) is 24.4. The van der Waals surface area contributed by atoms with Gasteiger partial charge in [-0.2, -0.15) is 0 Å². The average Bonchev–Trinajstić information content (AvgIpc) is 2.87. The Bertz CT molecular complexity index is 827. The summed E-state index contributed by atoms with van der Waals surface area (Å²) in [5.41, 5.74) is 1.55. The maximum atomic E-state index is 12.4. The van der Waals surface area contributed by atoms with Crippen molar-refractivity contribution in [3.63, 3.8) is 0 Å². The first-order valence-corrected chi connectivity index (χ1v) is 13.1. The molecule has 4 heteroatoms. The standard InChI is InChI=1S/C30H43NO3/c1-4-6-7-8-9-10-11-12-23-33-28-19-15-27(16-20-28)31-22-21-30(32)26-13-17-29(18-14-26)34-24-25(3)5-2/h13-22,25,31H,4-12,23-24H2,1-3H3/b22-21+/t25-/m1/s1. The third-order valence-electron chi connectivity index (χ3n) is 5.98. The van der Waals surface area contributed by atoms with E-state index < -0.39 is 0 Å². The highest BCUT2D eigenvalue weighted by Crippen LogP contribution is 2.17. The number of unbranched alkanes of at least 4 members (excludes halogenated alkanes) is 7. The van der Waals surface area contributed by atoms with E-state index in [0.29, 0.717) is 18.1 Å². The number of hydrogen-bond acceptors (Lipinski definition) is 4. The molecule has 0 aliphatic heterocycles. The molecule has 0 aliphatic carbocycles. The predicted molar refractivity (Wildman–Crippen MR) is 143 cm³/mol. The van der Waals surface area contributed by atoms with Crippen LogP contribution in [0.1, 0.15) is 88.9 Å². The van der Waals surface area contributed by atoms with Gasteiger partial charge in [0.2, 0.25) is 0 Å². The van der Waals surface area contributed by atoms with Crippen LogP contribution in [0.15, 0.2) is 60.8 Å². The number of ketones is 1. The van der Waals surface area contributed by atoms with Gasteiger partial charge >= 0.3 is 0 Å². The number of benzene rings is 2. The van der Waals surface area contributed by atoms with Gasteiger partial charge in [-0.15, -0.1) is 0 Å². The van der Waals surface area contributed by atoms with Gasteiger partial charge in [-0.05, 0) is 60.9 Å². The number of nitrogens with one attached hydrogen (secondary N) is 1. The molecule has 0 bridgehead atoms. The lowest BCUT2D eigenvalue weighted by molar-refractivity contribution is 0.104. The molecule has 0 saturated heterocycles. The molecule has 0 radical (unpaired) electrons. The van der Waals surface area contributed by atoms with Crippen LogP contribution in [-0.4, -0.2) is 19.0 Å². The molecule has 0 fully saturated rings. The molecule has 0 heterocycles. The van der Waals surface area contributed by atoms with E-state index in [1.165, 1.54) is 44.9 Å². The van der Waals surface area contributed by atoms with E-state index in [9.17, 15) is 4.79 Å². The lowest BCUT2D eigenvalue weighted by Crippen LogP contribution is -2.07. The second-order valence-electron chi connectivity index (χ2n) is 9.04. The van der Waals surface area contributed by atoms with Gasteiger partial charge in [-0.25, -0.2) is 0 Å². The largest absolute Gasteiger partial charge is 0.494 e. The number of allylic oxidation sites excluding steroid dienone is 1. The van der Waals surface area contributed by atoms with Crippen LogP contribution in [0.4, 0.5) is 5.69 Å². The Balaban J connectivity index is 1.64. The second kappa shape index (κ2) is 16.8. The van der Waals surface area contributed by atoms with E-state index in [2.05, 4.69) is 26.1 Å². The minimum Gasteiger partial charge on any atom is -0.494 e. The van der Waals surface area contributed by atoms with Crippen molar-refractivity contribution in [2.24, 2.45) is 5.92 Å². The molecule has 1 atom stereocenters. The van der Waals surface area contributed by atoms with Crippen molar-refractivity contribution >= 4 is 11.5 Å². The molecule has 2 rings (SSSR count). The van der Waals surface area contributed by atoms with E-state index in [1.807, 2.05) is 36.4 Å². The van der Waals surface area contributed by atoms with E-state index in [1.54, 1.807) is 24.4 Å². The molecular formula is C30H43NO3. The second-order valence-corrected chi connectivity index (χ2v) is 9.04. The molecule has 0 amide bonds. The minimum atomic E-state index is -0.0497. The fourth-order valence-corrected chi connectivity index (χ4v) is 3.45. The SMILES string of the molecule is CCCCCCCCCCOc1ccc(N/C=C/C(=O)c2ccc(OC[C@H](C)CC)cc2)cc1. The molecule has 0 saturated carbocycles. The minimum absolute atomic E-state index is 0.0497. The summed E-state index contributed by atoms with van der Waals surface area (Å²) in [7, 11) is 0. The Kier molecular flexibility index (Phi) is 13.6. The monoisotopic (exact) mass is 465 g/mol. The van der Waals surface area contributed by atoms with Gasteiger partial charge in [0.1, 0.15) is 11.5 Å². The van der Waals surface area contributed by atoms with Crippen LogP contribution in [0.3, 0.4) is 0 Å². The molecule has 0 aromatic heterocycles. The molecule has 34 heavy (non-hydrogen) atoms. The zero-order valence-electron chi connectivity index (χ0n) is 21.4. The predicted octanol–water partition coefficient (Wildman–Crippen LogP) is 8.44. The van der Waals surface area contributed by atoms with Gasteiger partial charge in [0.05, 0.1) is 13.2 Å². The van der Waals surface area contributed by atoms with Crippen molar-refractivity contribution in [3.8, 4) is 11.5 Å². The highest BCUT2D eigenvalue weighted by molar-refractivity contribution is 6.04. The molecule has 1 N–H and O–H groups in total. The Morgan fingerprint density at radius 2 is 1.41 bits per heavy atom. The summed E-state index contributed by atoms with van der Waals surface area (Å²) >= 11 is 0. The molecule has 2 aromatic rings. The first-order chi connectivity index (χ1) is 16.6. The van der Waals surface area contributed by atoms with Crippen LogP contribution in [-0.2, 0) is 0 Å². The average molecular weight is 466 g/mol. The third-order valence-corrected chi connectivity index (χ3v) is 5.98. The number of carbonyl (C=O) groups excluding carboxylic acids is 1. The number of ether oxygens (including phenoxy) is 2. The van der Waals surface area contributed by atoms with Gasteiger partial charge in [-0.3, -0.25) is 4.79 Å².